The molecule has 0 aromatic rings. The molecule has 0 bridgehead atoms. The third-order valence-corrected chi connectivity index (χ3v) is 2.08. The minimum Gasteiger partial charge on any atom is -0.401 e. The second-order valence-electron chi connectivity index (χ2n) is 3.63. The Morgan fingerprint density at radius 2 is 1.56 bits per heavy atom. The second-order valence-corrected chi connectivity index (χ2v) is 3.63. The van der Waals surface area contributed by atoms with Gasteiger partial charge in [0.05, 0.1) is 0 Å². The molecule has 1 aliphatic carbocycles. The quantitative estimate of drug-likeness (QED) is 0.610. The number of hydrogen-bond acceptors (Lipinski definition) is 3. The van der Waals surface area contributed by atoms with Gasteiger partial charge in [0.1, 0.15) is 0 Å². The fourth-order valence-corrected chi connectivity index (χ4v) is 1.28. The number of hydrazine groups is 1. The molecule has 0 atom stereocenters. The lowest BCUT2D eigenvalue weighted by Crippen LogP contribution is -2.40. The minimum absolute atomic E-state index is 0.226. The predicted molar refractivity (Wildman–Crippen MR) is 69.3 cm³/mol. The van der Waals surface area contributed by atoms with E-state index in [2.05, 4.69) is 0 Å². The largest absolute Gasteiger partial charge is 0.434 e. The van der Waals surface area contributed by atoms with Crippen LogP contribution < -0.4 is 11.6 Å². The normalized spacial score (nSPS) is 15.6. The van der Waals surface area contributed by atoms with Gasteiger partial charge < -0.3 is 10.7 Å². The summed E-state index contributed by atoms with van der Waals surface area (Å²) in [5.74, 6) is 5.61. The highest BCUT2D eigenvalue weighted by molar-refractivity contribution is 5.13. The lowest BCUT2D eigenvalue weighted by atomic mass is 10.3. The van der Waals surface area contributed by atoms with Crippen LogP contribution in [0.3, 0.4) is 0 Å². The zero-order valence-electron chi connectivity index (χ0n) is 11.9. The number of hydrogen-bond donors (Lipinski definition) is 2. The van der Waals surface area contributed by atoms with E-state index >= 15 is 0 Å². The first-order valence-corrected chi connectivity index (χ1v) is 6.38. The van der Waals surface area contributed by atoms with Crippen molar-refractivity contribution in [1.82, 2.24) is 5.01 Å². The van der Waals surface area contributed by atoms with Crippen molar-refractivity contribution >= 4 is 0 Å². The van der Waals surface area contributed by atoms with Crippen LogP contribution in [0, 0.1) is 5.92 Å². The average molecular weight is 269 g/mol. The minimum atomic E-state index is -4.47. The maximum atomic E-state index is 12.4. The van der Waals surface area contributed by atoms with E-state index in [1.807, 2.05) is 27.7 Å². The van der Waals surface area contributed by atoms with Gasteiger partial charge in [0.2, 0.25) is 0 Å². The summed E-state index contributed by atoms with van der Waals surface area (Å²) in [5, 5.41) is 0.715. The summed E-state index contributed by atoms with van der Waals surface area (Å²) >= 11 is 0. The fourth-order valence-electron chi connectivity index (χ4n) is 1.28. The molecule has 0 spiro atoms. The molecular weight excluding hydrogens is 243 g/mol. The molecule has 0 radical (unpaired) electrons. The Hall–Kier alpha value is -0.910. The van der Waals surface area contributed by atoms with Crippen LogP contribution in [0.2, 0.25) is 0 Å². The van der Waals surface area contributed by atoms with Crippen molar-refractivity contribution in [2.75, 3.05) is 6.54 Å². The summed E-state index contributed by atoms with van der Waals surface area (Å²) in [6.07, 6.45) is -2.58. The van der Waals surface area contributed by atoms with Crippen molar-refractivity contribution in [3.63, 3.8) is 0 Å². The molecule has 110 valence electrons. The molecule has 0 heterocycles. The topological polar surface area (TPSA) is 55.3 Å². The first kappa shape index (κ1) is 19.4. The summed E-state index contributed by atoms with van der Waals surface area (Å²) in [6, 6.07) is 0. The van der Waals surface area contributed by atoms with Crippen LogP contribution >= 0.6 is 0 Å². The third kappa shape index (κ3) is 7.42. The average Bonchev–Trinajstić information content (AvgIpc) is 3.04. The van der Waals surface area contributed by atoms with Gasteiger partial charge in [0.15, 0.2) is 5.70 Å². The molecule has 0 aliphatic heterocycles. The van der Waals surface area contributed by atoms with Crippen molar-refractivity contribution in [3.05, 3.63) is 11.4 Å². The van der Waals surface area contributed by atoms with E-state index in [4.69, 9.17) is 11.6 Å². The number of halogens is 3. The van der Waals surface area contributed by atoms with Gasteiger partial charge in [0.25, 0.3) is 0 Å². The first-order valence-electron chi connectivity index (χ1n) is 6.38. The van der Waals surface area contributed by atoms with Gasteiger partial charge in [0, 0.05) is 12.2 Å². The molecule has 0 amide bonds. The Kier molecular flexibility index (Phi) is 9.80. The van der Waals surface area contributed by atoms with Gasteiger partial charge in [-0.25, -0.2) is 5.84 Å². The molecule has 1 saturated carbocycles. The number of nitrogens with two attached hydrogens (primary N) is 2. The summed E-state index contributed by atoms with van der Waals surface area (Å²) in [6.45, 7) is 9.43. The Morgan fingerprint density at radius 3 is 1.78 bits per heavy atom. The Bertz CT molecular complexity index is 241. The molecule has 0 aromatic carbocycles. The highest BCUT2D eigenvalue weighted by Crippen LogP contribution is 2.33. The molecule has 4 N–H and O–H groups in total. The van der Waals surface area contributed by atoms with E-state index in [9.17, 15) is 13.2 Å². The molecule has 18 heavy (non-hydrogen) atoms. The van der Waals surface area contributed by atoms with Crippen LogP contribution in [0.5, 0.6) is 0 Å². The molecule has 0 saturated heterocycles. The maximum absolute atomic E-state index is 12.4. The second kappa shape index (κ2) is 9.08. The Morgan fingerprint density at radius 1 is 1.17 bits per heavy atom. The van der Waals surface area contributed by atoms with E-state index in [0.717, 1.165) is 12.8 Å². The summed E-state index contributed by atoms with van der Waals surface area (Å²) in [7, 11) is 0. The summed E-state index contributed by atoms with van der Waals surface area (Å²) < 4.78 is 37.3. The summed E-state index contributed by atoms with van der Waals surface area (Å²) in [5.41, 5.74) is 3.94. The molecule has 1 rings (SSSR count). The van der Waals surface area contributed by atoms with Gasteiger partial charge in [-0.2, -0.15) is 13.2 Å². The van der Waals surface area contributed by atoms with E-state index in [1.165, 1.54) is 6.92 Å². The molecule has 3 nitrogen and oxygen atoms in total. The lowest BCUT2D eigenvalue weighted by Gasteiger charge is -2.24. The predicted octanol–water partition coefficient (Wildman–Crippen LogP) is 3.38. The highest BCUT2D eigenvalue weighted by atomic mass is 19.4. The van der Waals surface area contributed by atoms with Crippen LogP contribution in [0.4, 0.5) is 13.2 Å². The van der Waals surface area contributed by atoms with E-state index in [-0.39, 0.29) is 18.2 Å². The molecule has 0 aromatic heterocycles. The third-order valence-electron chi connectivity index (χ3n) is 2.08. The maximum Gasteiger partial charge on any atom is 0.434 e. The van der Waals surface area contributed by atoms with E-state index in [0.29, 0.717) is 5.01 Å². The van der Waals surface area contributed by atoms with Gasteiger partial charge in [-0.1, -0.05) is 27.7 Å². The molecule has 0 unspecified atom stereocenters. The number of rotatable bonds is 3. The molecule has 1 aliphatic rings. The number of alkyl halides is 3. The number of nitrogens with zero attached hydrogens (tertiary/aromatic N) is 1. The van der Waals surface area contributed by atoms with Crippen LogP contribution in [0.25, 0.3) is 0 Å². The van der Waals surface area contributed by atoms with Crippen molar-refractivity contribution < 1.29 is 13.2 Å². The van der Waals surface area contributed by atoms with Crippen molar-refractivity contribution in [2.24, 2.45) is 17.5 Å². The van der Waals surface area contributed by atoms with Crippen LogP contribution in [-0.4, -0.2) is 17.7 Å². The monoisotopic (exact) mass is 269 g/mol. The van der Waals surface area contributed by atoms with Gasteiger partial charge in [-0.05, 0) is 25.7 Å². The van der Waals surface area contributed by atoms with Crippen LogP contribution in [0.1, 0.15) is 47.5 Å². The van der Waals surface area contributed by atoms with Crippen LogP contribution in [-0.2, 0) is 0 Å². The van der Waals surface area contributed by atoms with Crippen molar-refractivity contribution in [1.29, 1.82) is 0 Å². The first-order chi connectivity index (χ1) is 8.32. The van der Waals surface area contributed by atoms with Crippen molar-refractivity contribution in [3.8, 4) is 0 Å². The smallest absolute Gasteiger partial charge is 0.401 e. The molecular formula is C12H26F3N3. The van der Waals surface area contributed by atoms with Crippen LogP contribution in [0.15, 0.2) is 11.4 Å². The summed E-state index contributed by atoms with van der Waals surface area (Å²) in [4.78, 5) is 0. The standard InChI is InChI=1S/C8H14F3N3.2C2H6/c1-5(12)7(8(9,10)11)14(13)4-6-2-3-6;2*1-2/h6H,2-4,12-13H2,1H3;2*1-2H3/b7-5-;;. The zero-order chi connectivity index (χ0) is 14.9. The molecule has 6 heteroatoms. The Labute approximate surface area is 108 Å². The highest BCUT2D eigenvalue weighted by Gasteiger charge is 2.39. The van der Waals surface area contributed by atoms with E-state index < -0.39 is 11.9 Å². The zero-order valence-corrected chi connectivity index (χ0v) is 11.9. The molecule has 1 fully saturated rings. The van der Waals surface area contributed by atoms with E-state index in [1.54, 1.807) is 0 Å². The Balaban J connectivity index is 0. The fraction of sp³-hybridized carbons (Fsp3) is 0.833. The number of allylic oxidation sites excluding steroid dienone is 2. The van der Waals surface area contributed by atoms with Gasteiger partial charge in [-0.3, -0.25) is 0 Å². The van der Waals surface area contributed by atoms with Crippen molar-refractivity contribution in [2.45, 2.75) is 53.6 Å². The van der Waals surface area contributed by atoms with Gasteiger partial charge >= 0.3 is 6.18 Å². The lowest BCUT2D eigenvalue weighted by molar-refractivity contribution is -0.113. The SMILES string of the molecule is C/C(N)=C(/N(N)CC1CC1)C(F)(F)F.CC.CC. The van der Waals surface area contributed by atoms with Gasteiger partial charge in [-0.15, -0.1) is 0 Å².